The largest absolute Gasteiger partial charge is 0.496 e. The minimum atomic E-state index is -1.43. The Hall–Kier alpha value is -1.04. The van der Waals surface area contributed by atoms with Crippen LogP contribution < -0.4 is 10.2 Å². The second kappa shape index (κ2) is 7.11. The molecule has 1 aliphatic heterocycles. The number of benzene rings is 1. The second-order valence-corrected chi connectivity index (χ2v) is 5.60. The van der Waals surface area contributed by atoms with Gasteiger partial charge >= 0.3 is 7.12 Å². The lowest BCUT2D eigenvalue weighted by atomic mass is 9.79. The van der Waals surface area contributed by atoms with E-state index in [1.165, 1.54) is 19.3 Å². The van der Waals surface area contributed by atoms with E-state index in [0.29, 0.717) is 5.46 Å². The van der Waals surface area contributed by atoms with Crippen molar-refractivity contribution in [2.75, 3.05) is 20.2 Å². The van der Waals surface area contributed by atoms with E-state index in [9.17, 15) is 10.0 Å². The Labute approximate surface area is 121 Å². The molecule has 0 aromatic heterocycles. The number of nitrogens with zero attached hydrogens (tertiary/aromatic N) is 1. The maximum Gasteiger partial charge on any atom is 0.488 e. The fourth-order valence-electron chi connectivity index (χ4n) is 2.95. The Balaban J connectivity index is 2.12. The highest BCUT2D eigenvalue weighted by molar-refractivity contribution is 6.58. The summed E-state index contributed by atoms with van der Waals surface area (Å²) in [6.07, 6.45) is 3.78. The van der Waals surface area contributed by atoms with E-state index in [1.807, 2.05) is 12.1 Å². The normalized spacial score (nSPS) is 19.9. The van der Waals surface area contributed by atoms with Gasteiger partial charge in [0, 0.05) is 18.7 Å². The lowest BCUT2D eigenvalue weighted by Crippen LogP contribution is -2.35. The average molecular weight is 277 g/mol. The van der Waals surface area contributed by atoms with E-state index in [1.54, 1.807) is 13.2 Å². The van der Waals surface area contributed by atoms with Crippen molar-refractivity contribution < 1.29 is 14.8 Å². The molecule has 1 aromatic rings. The molecule has 1 saturated heterocycles. The summed E-state index contributed by atoms with van der Waals surface area (Å²) in [6.45, 7) is 5.27. The van der Waals surface area contributed by atoms with Gasteiger partial charge in [0.2, 0.25) is 0 Å². The van der Waals surface area contributed by atoms with Crippen LogP contribution in [0.3, 0.4) is 0 Å². The maximum absolute atomic E-state index is 9.30. The number of ether oxygens (including phenoxy) is 1. The molecule has 20 heavy (non-hydrogen) atoms. The van der Waals surface area contributed by atoms with Crippen molar-refractivity contribution in [3.8, 4) is 5.75 Å². The summed E-state index contributed by atoms with van der Waals surface area (Å²) in [5, 5.41) is 18.6. The van der Waals surface area contributed by atoms with Crippen LogP contribution in [0.5, 0.6) is 5.75 Å². The van der Waals surface area contributed by atoms with Crippen molar-refractivity contribution >= 4 is 12.6 Å². The Bertz CT molecular complexity index is 439. The third-order valence-electron chi connectivity index (χ3n) is 4.18. The van der Waals surface area contributed by atoms with Crippen molar-refractivity contribution in [2.24, 2.45) is 5.92 Å². The lowest BCUT2D eigenvalue weighted by Gasteiger charge is -2.32. The third-order valence-corrected chi connectivity index (χ3v) is 4.18. The molecule has 1 aliphatic rings. The van der Waals surface area contributed by atoms with Crippen LogP contribution in [-0.2, 0) is 6.54 Å². The van der Waals surface area contributed by atoms with E-state index in [4.69, 9.17) is 4.74 Å². The molecule has 0 aliphatic carbocycles. The van der Waals surface area contributed by atoms with E-state index in [-0.39, 0.29) is 0 Å². The molecule has 1 atom stereocenters. The molecule has 5 heteroatoms. The third kappa shape index (κ3) is 3.75. The van der Waals surface area contributed by atoms with Gasteiger partial charge in [-0.2, -0.15) is 0 Å². The van der Waals surface area contributed by atoms with Crippen LogP contribution in [0, 0.1) is 5.92 Å². The summed E-state index contributed by atoms with van der Waals surface area (Å²) < 4.78 is 5.38. The quantitative estimate of drug-likeness (QED) is 0.788. The Kier molecular flexibility index (Phi) is 5.46. The molecule has 0 amide bonds. The smallest absolute Gasteiger partial charge is 0.488 e. The summed E-state index contributed by atoms with van der Waals surface area (Å²) in [4.78, 5) is 2.43. The first kappa shape index (κ1) is 15.4. The van der Waals surface area contributed by atoms with Gasteiger partial charge in [0.05, 0.1) is 7.11 Å². The molecule has 1 fully saturated rings. The predicted octanol–water partition coefficient (Wildman–Crippen LogP) is 0.997. The molecule has 0 radical (unpaired) electrons. The van der Waals surface area contributed by atoms with Gasteiger partial charge in [-0.25, -0.2) is 0 Å². The Morgan fingerprint density at radius 2 is 2.20 bits per heavy atom. The van der Waals surface area contributed by atoms with Gasteiger partial charge in [-0.15, -0.1) is 0 Å². The van der Waals surface area contributed by atoms with Gasteiger partial charge in [0.15, 0.2) is 0 Å². The van der Waals surface area contributed by atoms with Gasteiger partial charge in [-0.3, -0.25) is 4.90 Å². The molecule has 1 aromatic carbocycles. The number of likely N-dealkylation sites (tertiary alicyclic amines) is 1. The number of methoxy groups -OCH3 is 1. The van der Waals surface area contributed by atoms with Gasteiger partial charge in [0.25, 0.3) is 0 Å². The molecular weight excluding hydrogens is 253 g/mol. The Morgan fingerprint density at radius 1 is 1.40 bits per heavy atom. The Morgan fingerprint density at radius 3 is 2.85 bits per heavy atom. The number of rotatable bonds is 5. The zero-order valence-electron chi connectivity index (χ0n) is 12.4. The summed E-state index contributed by atoms with van der Waals surface area (Å²) in [5.41, 5.74) is 1.54. The fraction of sp³-hybridized carbons (Fsp3) is 0.600. The molecule has 0 spiro atoms. The zero-order valence-corrected chi connectivity index (χ0v) is 12.4. The highest BCUT2D eigenvalue weighted by Gasteiger charge is 2.20. The van der Waals surface area contributed by atoms with Crippen LogP contribution >= 0.6 is 0 Å². The van der Waals surface area contributed by atoms with Gasteiger partial charge < -0.3 is 14.8 Å². The number of hydrogen-bond donors (Lipinski definition) is 2. The second-order valence-electron chi connectivity index (χ2n) is 5.60. The van der Waals surface area contributed by atoms with Crippen LogP contribution in [0.1, 0.15) is 31.7 Å². The first-order valence-electron chi connectivity index (χ1n) is 7.39. The first-order valence-corrected chi connectivity index (χ1v) is 7.39. The van der Waals surface area contributed by atoms with E-state index < -0.39 is 7.12 Å². The zero-order chi connectivity index (χ0) is 14.5. The minimum absolute atomic E-state index is 0.518. The van der Waals surface area contributed by atoms with Crippen LogP contribution in [0.2, 0.25) is 0 Å². The summed E-state index contributed by atoms with van der Waals surface area (Å²) in [7, 11) is 0.225. The molecular formula is C15H24BNO3. The number of hydrogen-bond acceptors (Lipinski definition) is 4. The van der Waals surface area contributed by atoms with E-state index >= 15 is 0 Å². The molecule has 1 unspecified atom stereocenters. The fourth-order valence-corrected chi connectivity index (χ4v) is 2.95. The predicted molar refractivity (Wildman–Crippen MR) is 81.1 cm³/mol. The lowest BCUT2D eigenvalue weighted by molar-refractivity contribution is 0.163. The van der Waals surface area contributed by atoms with Crippen molar-refractivity contribution in [2.45, 2.75) is 32.7 Å². The molecule has 110 valence electrons. The first-order chi connectivity index (χ1) is 9.63. The molecule has 1 heterocycles. The van der Waals surface area contributed by atoms with E-state index in [2.05, 4.69) is 11.8 Å². The van der Waals surface area contributed by atoms with Crippen LogP contribution in [0.4, 0.5) is 0 Å². The van der Waals surface area contributed by atoms with Crippen molar-refractivity contribution in [3.05, 3.63) is 23.8 Å². The summed E-state index contributed by atoms with van der Waals surface area (Å²) >= 11 is 0. The monoisotopic (exact) mass is 277 g/mol. The minimum Gasteiger partial charge on any atom is -0.496 e. The molecule has 0 bridgehead atoms. The van der Waals surface area contributed by atoms with Gasteiger partial charge in [-0.1, -0.05) is 25.5 Å². The van der Waals surface area contributed by atoms with Crippen molar-refractivity contribution in [1.29, 1.82) is 0 Å². The SMILES string of the molecule is CCC1CCCN(Cc2cc(B(O)O)ccc2OC)C1. The summed E-state index contributed by atoms with van der Waals surface area (Å²) in [5.74, 6) is 1.59. The van der Waals surface area contributed by atoms with Crippen molar-refractivity contribution in [3.63, 3.8) is 0 Å². The summed E-state index contributed by atoms with van der Waals surface area (Å²) in [6, 6.07) is 5.34. The maximum atomic E-state index is 9.30. The van der Waals surface area contributed by atoms with Crippen molar-refractivity contribution in [1.82, 2.24) is 4.90 Å². The standard InChI is InChI=1S/C15H24BNO3/c1-3-12-5-4-8-17(10-12)11-13-9-14(16(18)19)6-7-15(13)20-2/h6-7,9,12,18-19H,3-5,8,10-11H2,1-2H3. The van der Waals surface area contributed by atoms with Gasteiger partial charge in [-0.05, 0) is 36.8 Å². The molecule has 0 saturated carbocycles. The van der Waals surface area contributed by atoms with Gasteiger partial charge in [0.1, 0.15) is 5.75 Å². The molecule has 2 N–H and O–H groups in total. The average Bonchev–Trinajstić information content (AvgIpc) is 2.47. The topological polar surface area (TPSA) is 52.9 Å². The highest BCUT2D eigenvalue weighted by atomic mass is 16.5. The van der Waals surface area contributed by atoms with Crippen LogP contribution in [0.25, 0.3) is 0 Å². The molecule has 2 rings (SSSR count). The highest BCUT2D eigenvalue weighted by Crippen LogP contribution is 2.24. The number of piperidine rings is 1. The van der Waals surface area contributed by atoms with E-state index in [0.717, 1.165) is 36.9 Å². The molecule has 4 nitrogen and oxygen atoms in total. The van der Waals surface area contributed by atoms with Crippen LogP contribution in [-0.4, -0.2) is 42.3 Å². The van der Waals surface area contributed by atoms with Crippen LogP contribution in [0.15, 0.2) is 18.2 Å².